The molecule has 0 radical (unpaired) electrons. The van der Waals surface area contributed by atoms with Gasteiger partial charge >= 0.3 is 0 Å². The number of benzene rings is 1. The van der Waals surface area contributed by atoms with Crippen molar-refractivity contribution in [2.45, 2.75) is 31.5 Å². The molecule has 2 heterocycles. The molecule has 1 aromatic carbocycles. The van der Waals surface area contributed by atoms with Crippen LogP contribution in [0, 0.1) is 5.41 Å². The van der Waals surface area contributed by atoms with E-state index in [2.05, 4.69) is 0 Å². The van der Waals surface area contributed by atoms with E-state index in [0.29, 0.717) is 37.7 Å². The number of hydrogen-bond acceptors (Lipinski definition) is 4. The normalized spacial score (nSPS) is 25.6. The predicted molar refractivity (Wildman–Crippen MR) is 82.7 cm³/mol. The molecule has 0 saturated carbocycles. The van der Waals surface area contributed by atoms with E-state index in [1.165, 1.54) is 0 Å². The van der Waals surface area contributed by atoms with Crippen molar-refractivity contribution in [2.24, 2.45) is 11.1 Å². The van der Waals surface area contributed by atoms with Crippen LogP contribution >= 0.6 is 12.4 Å². The van der Waals surface area contributed by atoms with Gasteiger partial charge in [-0.05, 0) is 41.6 Å². The Morgan fingerprint density at radius 1 is 1.33 bits per heavy atom. The number of nitrogens with two attached hydrogens (primary N) is 1. The highest BCUT2D eigenvalue weighted by molar-refractivity contribution is 7.89. The number of hydrogen-bond donors (Lipinski definition) is 1. The average molecular weight is 333 g/mol. The number of halogens is 1. The van der Waals surface area contributed by atoms with Crippen molar-refractivity contribution in [3.05, 3.63) is 29.3 Å². The third kappa shape index (κ3) is 2.96. The van der Waals surface area contributed by atoms with Crippen LogP contribution in [0.3, 0.4) is 0 Å². The molecular formula is C14H21ClN2O3S. The van der Waals surface area contributed by atoms with Crippen molar-refractivity contribution in [1.82, 2.24) is 4.31 Å². The molecule has 5 nitrogen and oxygen atoms in total. The lowest BCUT2D eigenvalue weighted by molar-refractivity contribution is 0.134. The van der Waals surface area contributed by atoms with Gasteiger partial charge in [0, 0.05) is 13.1 Å². The minimum absolute atomic E-state index is 0. The number of ether oxygens (including phenoxy) is 1. The van der Waals surface area contributed by atoms with Gasteiger partial charge in [0.1, 0.15) is 0 Å². The molecule has 118 valence electrons. The summed E-state index contributed by atoms with van der Waals surface area (Å²) >= 11 is 0. The van der Waals surface area contributed by atoms with E-state index in [1.807, 2.05) is 13.0 Å². The minimum Gasteiger partial charge on any atom is -0.372 e. The van der Waals surface area contributed by atoms with Crippen LogP contribution in [0.2, 0.25) is 0 Å². The molecule has 1 saturated heterocycles. The zero-order chi connectivity index (χ0) is 14.4. The summed E-state index contributed by atoms with van der Waals surface area (Å²) in [7, 11) is -3.42. The summed E-state index contributed by atoms with van der Waals surface area (Å²) in [6, 6.07) is 5.28. The molecule has 2 N–H and O–H groups in total. The third-order valence-electron chi connectivity index (χ3n) is 4.35. The topological polar surface area (TPSA) is 72.6 Å². The standard InChI is InChI=1S/C14H20N2O3S.ClH/c1-14(9-15)4-5-16(10-14)20(17,18)13-3-2-11-7-19-8-12(11)6-13;/h2-3,6H,4-5,7-10,15H2,1H3;1H. The zero-order valence-electron chi connectivity index (χ0n) is 12.0. The summed E-state index contributed by atoms with van der Waals surface area (Å²) in [4.78, 5) is 0.364. The van der Waals surface area contributed by atoms with Crippen LogP contribution < -0.4 is 5.73 Å². The van der Waals surface area contributed by atoms with Gasteiger partial charge in [-0.15, -0.1) is 12.4 Å². The third-order valence-corrected chi connectivity index (χ3v) is 6.19. The van der Waals surface area contributed by atoms with E-state index in [4.69, 9.17) is 10.5 Å². The second kappa shape index (κ2) is 5.85. The van der Waals surface area contributed by atoms with Crippen molar-refractivity contribution in [1.29, 1.82) is 0 Å². The fourth-order valence-electron chi connectivity index (χ4n) is 2.81. The highest BCUT2D eigenvalue weighted by Crippen LogP contribution is 2.33. The van der Waals surface area contributed by atoms with Crippen LogP contribution in [-0.2, 0) is 28.0 Å². The smallest absolute Gasteiger partial charge is 0.243 e. The monoisotopic (exact) mass is 332 g/mol. The molecule has 0 amide bonds. The van der Waals surface area contributed by atoms with Crippen molar-refractivity contribution < 1.29 is 13.2 Å². The Morgan fingerprint density at radius 2 is 2.05 bits per heavy atom. The maximum Gasteiger partial charge on any atom is 0.243 e. The summed E-state index contributed by atoms with van der Waals surface area (Å²) in [6.45, 7) is 4.67. The molecule has 0 aromatic heterocycles. The van der Waals surface area contributed by atoms with Gasteiger partial charge in [-0.1, -0.05) is 13.0 Å². The highest BCUT2D eigenvalue weighted by Gasteiger charge is 2.39. The minimum atomic E-state index is -3.42. The van der Waals surface area contributed by atoms with Gasteiger partial charge in [0.15, 0.2) is 0 Å². The van der Waals surface area contributed by atoms with Crippen LogP contribution in [0.25, 0.3) is 0 Å². The summed E-state index contributed by atoms with van der Waals surface area (Å²) in [5.41, 5.74) is 7.70. The molecule has 0 aliphatic carbocycles. The van der Waals surface area contributed by atoms with E-state index >= 15 is 0 Å². The Morgan fingerprint density at radius 3 is 2.71 bits per heavy atom. The average Bonchev–Trinajstić information content (AvgIpc) is 3.05. The van der Waals surface area contributed by atoms with Crippen LogP contribution in [-0.4, -0.2) is 32.4 Å². The summed E-state index contributed by atoms with van der Waals surface area (Å²) in [6.07, 6.45) is 0.816. The van der Waals surface area contributed by atoms with Crippen molar-refractivity contribution >= 4 is 22.4 Å². The first-order valence-electron chi connectivity index (χ1n) is 6.84. The largest absolute Gasteiger partial charge is 0.372 e. The molecule has 0 spiro atoms. The first-order valence-corrected chi connectivity index (χ1v) is 8.28. The van der Waals surface area contributed by atoms with Crippen LogP contribution in [0.5, 0.6) is 0 Å². The van der Waals surface area contributed by atoms with Crippen LogP contribution in [0.1, 0.15) is 24.5 Å². The summed E-state index contributed by atoms with van der Waals surface area (Å²) in [5, 5.41) is 0. The second-order valence-corrected chi connectivity index (χ2v) is 7.96. The SMILES string of the molecule is CC1(CN)CCN(S(=O)(=O)c2ccc3c(c2)COC3)C1.Cl. The number of rotatable bonds is 3. The second-order valence-electron chi connectivity index (χ2n) is 6.03. The molecule has 1 aromatic rings. The molecule has 0 bridgehead atoms. The van der Waals surface area contributed by atoms with Crippen LogP contribution in [0.15, 0.2) is 23.1 Å². The van der Waals surface area contributed by atoms with E-state index in [-0.39, 0.29) is 17.8 Å². The van der Waals surface area contributed by atoms with Gasteiger partial charge in [-0.25, -0.2) is 8.42 Å². The van der Waals surface area contributed by atoms with Crippen LogP contribution in [0.4, 0.5) is 0 Å². The summed E-state index contributed by atoms with van der Waals surface area (Å²) in [5.74, 6) is 0. The van der Waals surface area contributed by atoms with E-state index in [9.17, 15) is 8.42 Å². The van der Waals surface area contributed by atoms with Gasteiger partial charge in [-0.3, -0.25) is 0 Å². The molecule has 2 aliphatic rings. The van der Waals surface area contributed by atoms with Gasteiger partial charge in [0.2, 0.25) is 10.0 Å². The van der Waals surface area contributed by atoms with E-state index < -0.39 is 10.0 Å². The number of fused-ring (bicyclic) bond motifs is 1. The Hall–Kier alpha value is -0.660. The summed E-state index contributed by atoms with van der Waals surface area (Å²) < 4.78 is 32.3. The Bertz CT molecular complexity index is 635. The lowest BCUT2D eigenvalue weighted by Crippen LogP contribution is -2.34. The molecule has 1 fully saturated rings. The molecule has 7 heteroatoms. The van der Waals surface area contributed by atoms with Gasteiger partial charge in [0.05, 0.1) is 18.1 Å². The molecule has 2 aliphatic heterocycles. The maximum atomic E-state index is 12.7. The molecule has 21 heavy (non-hydrogen) atoms. The molecule has 1 atom stereocenters. The Kier molecular flexibility index (Phi) is 4.66. The first kappa shape index (κ1) is 16.7. The Balaban J connectivity index is 0.00000161. The van der Waals surface area contributed by atoms with Gasteiger partial charge in [0.25, 0.3) is 0 Å². The first-order chi connectivity index (χ1) is 9.44. The van der Waals surface area contributed by atoms with Gasteiger partial charge < -0.3 is 10.5 Å². The van der Waals surface area contributed by atoms with Crippen molar-refractivity contribution in [3.63, 3.8) is 0 Å². The molecule has 1 unspecified atom stereocenters. The molecular weight excluding hydrogens is 312 g/mol. The van der Waals surface area contributed by atoms with Crippen molar-refractivity contribution in [2.75, 3.05) is 19.6 Å². The van der Waals surface area contributed by atoms with Gasteiger partial charge in [-0.2, -0.15) is 4.31 Å². The Labute approximate surface area is 131 Å². The highest BCUT2D eigenvalue weighted by atomic mass is 35.5. The van der Waals surface area contributed by atoms with Crippen molar-refractivity contribution in [3.8, 4) is 0 Å². The van der Waals surface area contributed by atoms with E-state index in [0.717, 1.165) is 17.5 Å². The number of sulfonamides is 1. The quantitative estimate of drug-likeness (QED) is 0.910. The lowest BCUT2D eigenvalue weighted by atomic mass is 9.90. The van der Waals surface area contributed by atoms with E-state index in [1.54, 1.807) is 16.4 Å². The fourth-order valence-corrected chi connectivity index (χ4v) is 4.45. The fraction of sp³-hybridized carbons (Fsp3) is 0.571. The molecule has 3 rings (SSSR count). The zero-order valence-corrected chi connectivity index (χ0v) is 13.7. The number of nitrogens with zero attached hydrogens (tertiary/aromatic N) is 1. The predicted octanol–water partition coefficient (Wildman–Crippen LogP) is 1.50. The lowest BCUT2D eigenvalue weighted by Gasteiger charge is -2.22. The maximum absolute atomic E-state index is 12.7.